The Balaban J connectivity index is 1.65. The molecule has 1 saturated carbocycles. The maximum Gasteiger partial charge on any atom is 0.229 e. The molecule has 2 aliphatic rings. The van der Waals surface area contributed by atoms with Gasteiger partial charge < -0.3 is 19.7 Å². The normalized spacial score (nSPS) is 20.3. The number of likely N-dealkylation sites (tertiary alicyclic amines) is 1. The lowest BCUT2D eigenvalue weighted by atomic mass is 10.1. The van der Waals surface area contributed by atoms with Gasteiger partial charge >= 0.3 is 0 Å². The van der Waals surface area contributed by atoms with Gasteiger partial charge in [0.1, 0.15) is 18.2 Å². The summed E-state index contributed by atoms with van der Waals surface area (Å²) in [6, 6.07) is 4.26. The van der Waals surface area contributed by atoms with Crippen molar-refractivity contribution in [3.63, 3.8) is 0 Å². The van der Waals surface area contributed by atoms with E-state index in [9.17, 15) is 14.0 Å². The summed E-state index contributed by atoms with van der Waals surface area (Å²) in [6.07, 6.45) is 2.24. The summed E-state index contributed by atoms with van der Waals surface area (Å²) in [6.45, 7) is 1.12. The minimum atomic E-state index is -0.466. The number of nitrogens with zero attached hydrogens (tertiary/aromatic N) is 1. The van der Waals surface area contributed by atoms with Crippen molar-refractivity contribution in [1.82, 2.24) is 4.90 Å². The zero-order chi connectivity index (χ0) is 17.1. The molecule has 1 atom stereocenters. The van der Waals surface area contributed by atoms with Gasteiger partial charge in [0.15, 0.2) is 0 Å². The molecule has 1 aliphatic carbocycles. The summed E-state index contributed by atoms with van der Waals surface area (Å²) in [7, 11) is 1.55. The van der Waals surface area contributed by atoms with E-state index in [0.29, 0.717) is 31.5 Å². The maximum absolute atomic E-state index is 13.5. The van der Waals surface area contributed by atoms with Gasteiger partial charge in [0.05, 0.1) is 18.2 Å². The third-order valence-electron chi connectivity index (χ3n) is 4.26. The number of hydrogen-bond acceptors (Lipinski definition) is 4. The van der Waals surface area contributed by atoms with Gasteiger partial charge in [-0.3, -0.25) is 9.59 Å². The Morgan fingerprint density at radius 1 is 1.38 bits per heavy atom. The van der Waals surface area contributed by atoms with Gasteiger partial charge in [0.2, 0.25) is 11.8 Å². The Labute approximate surface area is 139 Å². The number of rotatable bonds is 7. The first kappa shape index (κ1) is 16.7. The third-order valence-corrected chi connectivity index (χ3v) is 4.26. The van der Waals surface area contributed by atoms with Gasteiger partial charge in [-0.1, -0.05) is 0 Å². The van der Waals surface area contributed by atoms with E-state index in [0.717, 1.165) is 12.8 Å². The number of carbonyl (C=O) groups excluding carboxylic acids is 2. The number of hydrogen-bond donors (Lipinski definition) is 1. The van der Waals surface area contributed by atoms with Crippen LogP contribution in [0.4, 0.5) is 10.1 Å². The number of halogens is 1. The molecule has 1 aromatic carbocycles. The Hall–Kier alpha value is -2.15. The quantitative estimate of drug-likeness (QED) is 0.771. The highest BCUT2D eigenvalue weighted by Crippen LogP contribution is 2.33. The van der Waals surface area contributed by atoms with Crippen LogP contribution in [-0.4, -0.2) is 49.6 Å². The summed E-state index contributed by atoms with van der Waals surface area (Å²) in [5.41, 5.74) is 0.272. The Bertz CT molecular complexity index is 633. The van der Waals surface area contributed by atoms with Crippen LogP contribution in [0, 0.1) is 11.7 Å². The van der Waals surface area contributed by atoms with Gasteiger partial charge in [-0.25, -0.2) is 4.39 Å². The lowest BCUT2D eigenvalue weighted by Gasteiger charge is -2.16. The molecule has 1 saturated heterocycles. The summed E-state index contributed by atoms with van der Waals surface area (Å²) >= 11 is 0. The van der Waals surface area contributed by atoms with Gasteiger partial charge in [0, 0.05) is 32.2 Å². The number of ether oxygens (including phenoxy) is 2. The highest BCUT2D eigenvalue weighted by atomic mass is 19.1. The summed E-state index contributed by atoms with van der Waals surface area (Å²) in [4.78, 5) is 26.2. The van der Waals surface area contributed by atoms with Gasteiger partial charge in [-0.05, 0) is 25.0 Å². The molecule has 1 aliphatic heterocycles. The zero-order valence-electron chi connectivity index (χ0n) is 13.6. The summed E-state index contributed by atoms with van der Waals surface area (Å²) in [5.74, 6) is -0.757. The van der Waals surface area contributed by atoms with E-state index in [1.54, 1.807) is 12.0 Å². The van der Waals surface area contributed by atoms with E-state index in [2.05, 4.69) is 5.32 Å². The SMILES string of the molecule is COCCOc1ccc(F)cc1NC(=O)C1CC(=O)N(C2CC2)C1. The molecule has 1 N–H and O–H groups in total. The van der Waals surface area contributed by atoms with Crippen LogP contribution in [0.3, 0.4) is 0 Å². The standard InChI is InChI=1S/C17H21FN2O4/c1-23-6-7-24-15-5-2-12(18)9-14(15)19-17(22)11-8-16(21)20(10-11)13-3-4-13/h2,5,9,11,13H,3-4,6-8,10H2,1H3,(H,19,22). The van der Waals surface area contributed by atoms with Crippen LogP contribution in [0.25, 0.3) is 0 Å². The average Bonchev–Trinajstić information content (AvgIpc) is 3.32. The minimum absolute atomic E-state index is 0.0217. The molecular weight excluding hydrogens is 315 g/mol. The molecule has 1 heterocycles. The highest BCUT2D eigenvalue weighted by molar-refractivity contribution is 5.98. The monoisotopic (exact) mass is 336 g/mol. The molecule has 0 spiro atoms. The molecular formula is C17H21FN2O4. The highest BCUT2D eigenvalue weighted by Gasteiger charge is 2.41. The predicted octanol–water partition coefficient (Wildman–Crippen LogP) is 1.80. The van der Waals surface area contributed by atoms with Gasteiger partial charge in [0.25, 0.3) is 0 Å². The van der Waals surface area contributed by atoms with E-state index in [4.69, 9.17) is 9.47 Å². The number of carbonyl (C=O) groups is 2. The fourth-order valence-electron chi connectivity index (χ4n) is 2.84. The van der Waals surface area contributed by atoms with Crippen LogP contribution in [0.2, 0.25) is 0 Å². The predicted molar refractivity (Wildman–Crippen MR) is 85.2 cm³/mol. The number of amides is 2. The van der Waals surface area contributed by atoms with Crippen molar-refractivity contribution in [3.8, 4) is 5.75 Å². The molecule has 1 aromatic rings. The lowest BCUT2D eigenvalue weighted by molar-refractivity contribution is -0.128. The first-order valence-electron chi connectivity index (χ1n) is 8.10. The Kier molecular flexibility index (Phi) is 4.99. The Morgan fingerprint density at radius 2 is 2.17 bits per heavy atom. The van der Waals surface area contributed by atoms with E-state index >= 15 is 0 Å². The van der Waals surface area contributed by atoms with Crippen LogP contribution >= 0.6 is 0 Å². The van der Waals surface area contributed by atoms with Crippen LogP contribution in [0.1, 0.15) is 19.3 Å². The number of anilines is 1. The van der Waals surface area contributed by atoms with Crippen LogP contribution in [-0.2, 0) is 14.3 Å². The van der Waals surface area contributed by atoms with Crippen molar-refractivity contribution in [3.05, 3.63) is 24.0 Å². The second-order valence-corrected chi connectivity index (χ2v) is 6.15. The zero-order valence-corrected chi connectivity index (χ0v) is 13.6. The smallest absolute Gasteiger partial charge is 0.229 e. The minimum Gasteiger partial charge on any atom is -0.489 e. The molecule has 130 valence electrons. The molecule has 7 heteroatoms. The van der Waals surface area contributed by atoms with Crippen LogP contribution < -0.4 is 10.1 Å². The molecule has 1 unspecified atom stereocenters. The second-order valence-electron chi connectivity index (χ2n) is 6.15. The average molecular weight is 336 g/mol. The fourth-order valence-corrected chi connectivity index (χ4v) is 2.84. The van der Waals surface area contributed by atoms with Crippen molar-refractivity contribution in [2.45, 2.75) is 25.3 Å². The maximum atomic E-state index is 13.5. The fraction of sp³-hybridized carbons (Fsp3) is 0.529. The number of benzene rings is 1. The molecule has 2 fully saturated rings. The van der Waals surface area contributed by atoms with E-state index in [-0.39, 0.29) is 23.9 Å². The van der Waals surface area contributed by atoms with Crippen LogP contribution in [0.5, 0.6) is 5.75 Å². The van der Waals surface area contributed by atoms with E-state index < -0.39 is 11.7 Å². The van der Waals surface area contributed by atoms with E-state index in [1.807, 2.05) is 0 Å². The first-order chi connectivity index (χ1) is 11.6. The molecule has 6 nitrogen and oxygen atoms in total. The van der Waals surface area contributed by atoms with Gasteiger partial charge in [-0.15, -0.1) is 0 Å². The molecule has 0 bridgehead atoms. The van der Waals surface area contributed by atoms with Crippen molar-refractivity contribution in [2.75, 3.05) is 32.2 Å². The van der Waals surface area contributed by atoms with Crippen molar-refractivity contribution < 1.29 is 23.5 Å². The molecule has 0 radical (unpaired) electrons. The van der Waals surface area contributed by atoms with Crippen molar-refractivity contribution >= 4 is 17.5 Å². The molecule has 0 aromatic heterocycles. The summed E-state index contributed by atoms with van der Waals surface area (Å²) in [5, 5.41) is 2.70. The number of methoxy groups -OCH3 is 1. The second kappa shape index (κ2) is 7.17. The molecule has 2 amide bonds. The topological polar surface area (TPSA) is 67.9 Å². The lowest BCUT2D eigenvalue weighted by Crippen LogP contribution is -2.30. The van der Waals surface area contributed by atoms with E-state index in [1.165, 1.54) is 18.2 Å². The Morgan fingerprint density at radius 3 is 2.88 bits per heavy atom. The summed E-state index contributed by atoms with van der Waals surface area (Å²) < 4.78 is 23.9. The number of nitrogens with one attached hydrogen (secondary N) is 1. The van der Waals surface area contributed by atoms with Crippen molar-refractivity contribution in [1.29, 1.82) is 0 Å². The first-order valence-corrected chi connectivity index (χ1v) is 8.10. The van der Waals surface area contributed by atoms with Gasteiger partial charge in [-0.2, -0.15) is 0 Å². The van der Waals surface area contributed by atoms with Crippen molar-refractivity contribution in [2.24, 2.45) is 5.92 Å². The third kappa shape index (κ3) is 3.84. The molecule has 3 rings (SSSR count). The largest absolute Gasteiger partial charge is 0.489 e. The molecule has 24 heavy (non-hydrogen) atoms. The van der Waals surface area contributed by atoms with Crippen LogP contribution in [0.15, 0.2) is 18.2 Å².